The van der Waals surface area contributed by atoms with Crippen LogP contribution in [-0.4, -0.2) is 35.7 Å². The van der Waals surface area contributed by atoms with Crippen LogP contribution in [-0.2, 0) is 0 Å². The molecule has 0 aromatic rings. The average molecular weight is 197 g/mol. The molecular formula is C12H23NO. The van der Waals surface area contributed by atoms with Crippen molar-refractivity contribution >= 4 is 0 Å². The first-order valence-electron chi connectivity index (χ1n) is 6.16. The molecule has 2 heteroatoms. The van der Waals surface area contributed by atoms with Crippen molar-refractivity contribution in [1.29, 1.82) is 0 Å². The van der Waals surface area contributed by atoms with Crippen molar-refractivity contribution < 1.29 is 5.11 Å². The third kappa shape index (κ3) is 2.48. The van der Waals surface area contributed by atoms with Crippen LogP contribution in [0, 0.1) is 11.8 Å². The minimum atomic E-state index is -0.0215. The molecule has 0 bridgehead atoms. The van der Waals surface area contributed by atoms with Gasteiger partial charge in [-0.15, -0.1) is 0 Å². The molecule has 3 atom stereocenters. The van der Waals surface area contributed by atoms with Crippen LogP contribution in [0.1, 0.15) is 39.0 Å². The lowest BCUT2D eigenvalue weighted by atomic mass is 9.80. The predicted molar refractivity (Wildman–Crippen MR) is 58.2 cm³/mol. The Balaban J connectivity index is 1.82. The number of nitrogens with zero attached hydrogens (tertiary/aromatic N) is 1. The van der Waals surface area contributed by atoms with Crippen LogP contribution >= 0.6 is 0 Å². The molecule has 3 unspecified atom stereocenters. The Morgan fingerprint density at radius 1 is 1.21 bits per heavy atom. The molecule has 0 aromatic heterocycles. The minimum Gasteiger partial charge on any atom is -0.393 e. The van der Waals surface area contributed by atoms with Crippen LogP contribution < -0.4 is 0 Å². The van der Waals surface area contributed by atoms with Gasteiger partial charge in [0, 0.05) is 6.54 Å². The van der Waals surface area contributed by atoms with Crippen molar-refractivity contribution in [2.45, 2.75) is 45.1 Å². The van der Waals surface area contributed by atoms with Gasteiger partial charge in [-0.25, -0.2) is 0 Å². The highest BCUT2D eigenvalue weighted by Crippen LogP contribution is 2.30. The fourth-order valence-electron chi connectivity index (χ4n) is 2.98. The van der Waals surface area contributed by atoms with E-state index in [-0.39, 0.29) is 6.10 Å². The summed E-state index contributed by atoms with van der Waals surface area (Å²) >= 11 is 0. The van der Waals surface area contributed by atoms with E-state index in [9.17, 15) is 5.11 Å². The molecule has 2 aliphatic rings. The van der Waals surface area contributed by atoms with E-state index in [1.807, 2.05) is 0 Å². The predicted octanol–water partition coefficient (Wildman–Crippen LogP) is 1.88. The maximum absolute atomic E-state index is 9.92. The molecule has 1 saturated carbocycles. The molecule has 1 heterocycles. The monoisotopic (exact) mass is 197 g/mol. The summed E-state index contributed by atoms with van der Waals surface area (Å²) in [6.45, 7) is 5.99. The molecule has 0 amide bonds. The SMILES string of the molecule is CC1CCC(O)C(CN2CCCC2)C1. The maximum atomic E-state index is 9.92. The molecule has 0 spiro atoms. The van der Waals surface area contributed by atoms with Gasteiger partial charge < -0.3 is 10.0 Å². The van der Waals surface area contributed by atoms with E-state index < -0.39 is 0 Å². The van der Waals surface area contributed by atoms with Crippen LogP contribution in [0.2, 0.25) is 0 Å². The van der Waals surface area contributed by atoms with Gasteiger partial charge in [-0.05, 0) is 57.0 Å². The Bertz CT molecular complexity index is 177. The molecule has 0 aromatic carbocycles. The highest BCUT2D eigenvalue weighted by molar-refractivity contribution is 4.81. The van der Waals surface area contributed by atoms with Gasteiger partial charge in [0.15, 0.2) is 0 Å². The second-order valence-corrected chi connectivity index (χ2v) is 5.25. The minimum absolute atomic E-state index is 0.0215. The first kappa shape index (κ1) is 10.4. The van der Waals surface area contributed by atoms with Crippen molar-refractivity contribution in [1.82, 2.24) is 4.90 Å². The van der Waals surface area contributed by atoms with Crippen molar-refractivity contribution in [2.75, 3.05) is 19.6 Å². The lowest BCUT2D eigenvalue weighted by Crippen LogP contribution is -2.37. The quantitative estimate of drug-likeness (QED) is 0.730. The Morgan fingerprint density at radius 3 is 2.64 bits per heavy atom. The molecule has 1 saturated heterocycles. The molecule has 2 fully saturated rings. The summed E-state index contributed by atoms with van der Waals surface area (Å²) in [6.07, 6.45) is 6.18. The zero-order valence-electron chi connectivity index (χ0n) is 9.28. The lowest BCUT2D eigenvalue weighted by Gasteiger charge is -2.34. The van der Waals surface area contributed by atoms with E-state index in [1.165, 1.54) is 38.8 Å². The first-order valence-corrected chi connectivity index (χ1v) is 6.16. The summed E-state index contributed by atoms with van der Waals surface area (Å²) in [7, 11) is 0. The Hall–Kier alpha value is -0.0800. The van der Waals surface area contributed by atoms with Gasteiger partial charge in [-0.1, -0.05) is 6.92 Å². The number of hydrogen-bond donors (Lipinski definition) is 1. The molecule has 14 heavy (non-hydrogen) atoms. The van der Waals surface area contributed by atoms with Gasteiger partial charge in [0.1, 0.15) is 0 Å². The van der Waals surface area contributed by atoms with Gasteiger partial charge in [-0.3, -0.25) is 0 Å². The average Bonchev–Trinajstić information content (AvgIpc) is 2.64. The zero-order chi connectivity index (χ0) is 9.97. The van der Waals surface area contributed by atoms with Crippen molar-refractivity contribution in [2.24, 2.45) is 11.8 Å². The zero-order valence-corrected chi connectivity index (χ0v) is 9.28. The fourth-order valence-corrected chi connectivity index (χ4v) is 2.98. The molecule has 2 nitrogen and oxygen atoms in total. The third-order valence-corrected chi connectivity index (χ3v) is 3.90. The summed E-state index contributed by atoms with van der Waals surface area (Å²) < 4.78 is 0. The van der Waals surface area contributed by atoms with Gasteiger partial charge in [0.2, 0.25) is 0 Å². The molecule has 0 radical (unpaired) electrons. The summed E-state index contributed by atoms with van der Waals surface area (Å²) in [5, 5.41) is 9.92. The molecule has 1 aliphatic heterocycles. The molecular weight excluding hydrogens is 174 g/mol. The highest BCUT2D eigenvalue weighted by Gasteiger charge is 2.29. The number of hydrogen-bond acceptors (Lipinski definition) is 2. The van der Waals surface area contributed by atoms with Crippen LogP contribution in [0.3, 0.4) is 0 Å². The van der Waals surface area contributed by atoms with Gasteiger partial charge in [0.05, 0.1) is 6.10 Å². The first-order chi connectivity index (χ1) is 6.75. The van der Waals surface area contributed by atoms with Gasteiger partial charge >= 0.3 is 0 Å². The van der Waals surface area contributed by atoms with Crippen LogP contribution in [0.15, 0.2) is 0 Å². The second kappa shape index (κ2) is 4.63. The molecule has 2 rings (SSSR count). The third-order valence-electron chi connectivity index (χ3n) is 3.90. The summed E-state index contributed by atoms with van der Waals surface area (Å²) in [5.41, 5.74) is 0. The van der Waals surface area contributed by atoms with Crippen molar-refractivity contribution in [3.05, 3.63) is 0 Å². The van der Waals surface area contributed by atoms with Crippen LogP contribution in [0.4, 0.5) is 0 Å². The van der Waals surface area contributed by atoms with E-state index in [0.29, 0.717) is 5.92 Å². The van der Waals surface area contributed by atoms with E-state index in [4.69, 9.17) is 0 Å². The Labute approximate surface area is 87.3 Å². The summed E-state index contributed by atoms with van der Waals surface area (Å²) in [6, 6.07) is 0. The second-order valence-electron chi connectivity index (χ2n) is 5.25. The normalized spacial score (nSPS) is 40.3. The summed E-state index contributed by atoms with van der Waals surface area (Å²) in [5.74, 6) is 1.38. The molecule has 1 aliphatic carbocycles. The molecule has 1 N–H and O–H groups in total. The fraction of sp³-hybridized carbons (Fsp3) is 1.00. The largest absolute Gasteiger partial charge is 0.393 e. The number of aliphatic hydroxyl groups excluding tert-OH is 1. The number of likely N-dealkylation sites (tertiary alicyclic amines) is 1. The van der Waals surface area contributed by atoms with Crippen molar-refractivity contribution in [3.63, 3.8) is 0 Å². The topological polar surface area (TPSA) is 23.5 Å². The van der Waals surface area contributed by atoms with Crippen LogP contribution in [0.5, 0.6) is 0 Å². The lowest BCUT2D eigenvalue weighted by molar-refractivity contribution is 0.0346. The maximum Gasteiger partial charge on any atom is 0.0580 e. The highest BCUT2D eigenvalue weighted by atomic mass is 16.3. The Morgan fingerprint density at radius 2 is 1.93 bits per heavy atom. The van der Waals surface area contributed by atoms with Crippen molar-refractivity contribution in [3.8, 4) is 0 Å². The summed E-state index contributed by atoms with van der Waals surface area (Å²) in [4.78, 5) is 2.53. The smallest absolute Gasteiger partial charge is 0.0580 e. The van der Waals surface area contributed by atoms with Crippen LogP contribution in [0.25, 0.3) is 0 Å². The number of aliphatic hydroxyl groups is 1. The Kier molecular flexibility index (Phi) is 3.45. The van der Waals surface area contributed by atoms with Gasteiger partial charge in [0.25, 0.3) is 0 Å². The van der Waals surface area contributed by atoms with Gasteiger partial charge in [-0.2, -0.15) is 0 Å². The number of rotatable bonds is 2. The van der Waals surface area contributed by atoms with E-state index >= 15 is 0 Å². The van der Waals surface area contributed by atoms with E-state index in [2.05, 4.69) is 11.8 Å². The standard InChI is InChI=1S/C12H23NO/c1-10-4-5-12(14)11(8-10)9-13-6-2-3-7-13/h10-12,14H,2-9H2,1H3. The molecule has 82 valence electrons. The van der Waals surface area contributed by atoms with E-state index in [1.54, 1.807) is 0 Å². The van der Waals surface area contributed by atoms with E-state index in [0.717, 1.165) is 18.9 Å².